The number of hydrogen-bond donors (Lipinski definition) is 0. The van der Waals surface area contributed by atoms with Crippen LogP contribution in [0.3, 0.4) is 0 Å². The van der Waals surface area contributed by atoms with Gasteiger partial charge in [-0.2, -0.15) is 0 Å². The van der Waals surface area contributed by atoms with Crippen LogP contribution in [0.25, 0.3) is 0 Å². The van der Waals surface area contributed by atoms with Gasteiger partial charge in [0, 0.05) is 57.8 Å². The van der Waals surface area contributed by atoms with Crippen LogP contribution in [-0.4, -0.2) is 58.9 Å². The van der Waals surface area contributed by atoms with E-state index in [0.29, 0.717) is 25.9 Å². The molecule has 0 spiro atoms. The van der Waals surface area contributed by atoms with E-state index >= 15 is 0 Å². The highest BCUT2D eigenvalue weighted by atomic mass is 16.5. The smallest absolute Gasteiger partial charge is 0.227 e. The Morgan fingerprint density at radius 1 is 1.25 bits per heavy atom. The van der Waals surface area contributed by atoms with Gasteiger partial charge in [-0.3, -0.25) is 14.6 Å². The molecule has 0 bridgehead atoms. The van der Waals surface area contributed by atoms with Crippen LogP contribution in [0.2, 0.25) is 0 Å². The van der Waals surface area contributed by atoms with Crippen molar-refractivity contribution < 1.29 is 14.3 Å². The first-order chi connectivity index (χ1) is 11.7. The van der Waals surface area contributed by atoms with Gasteiger partial charge in [0.15, 0.2) is 0 Å². The first kappa shape index (κ1) is 16.7. The average molecular weight is 331 g/mol. The molecule has 1 aromatic rings. The Bertz CT molecular complexity index is 570. The van der Waals surface area contributed by atoms with Crippen LogP contribution in [0.1, 0.15) is 32.6 Å². The summed E-state index contributed by atoms with van der Waals surface area (Å²) >= 11 is 0. The van der Waals surface area contributed by atoms with Gasteiger partial charge in [-0.15, -0.1) is 0 Å². The Balaban J connectivity index is 1.49. The minimum Gasteiger partial charge on any atom is -0.490 e. The molecule has 0 radical (unpaired) electrons. The second-order valence-electron chi connectivity index (χ2n) is 6.49. The number of carbonyl (C=O) groups excluding carboxylic acids is 2. The largest absolute Gasteiger partial charge is 0.490 e. The molecule has 2 saturated heterocycles. The standard InChI is InChI=1S/C18H25N3O3/c1-2-20-13-14(3-4-17(20)22)18(23)21-11-7-16(8-12-21)24-15-5-9-19-10-6-15/h5-6,9-10,14,16H,2-4,7-8,11-13H2,1H3/t14-/m1/s1. The molecular weight excluding hydrogens is 306 g/mol. The van der Waals surface area contributed by atoms with Crippen LogP contribution in [0.4, 0.5) is 0 Å². The maximum absolute atomic E-state index is 12.7. The molecule has 0 aliphatic carbocycles. The van der Waals surface area contributed by atoms with Crippen molar-refractivity contribution in [3.05, 3.63) is 24.5 Å². The summed E-state index contributed by atoms with van der Waals surface area (Å²) in [7, 11) is 0. The zero-order chi connectivity index (χ0) is 16.9. The monoisotopic (exact) mass is 331 g/mol. The number of nitrogens with zero attached hydrogens (tertiary/aromatic N) is 3. The maximum atomic E-state index is 12.7. The highest BCUT2D eigenvalue weighted by Gasteiger charge is 2.33. The lowest BCUT2D eigenvalue weighted by Gasteiger charge is -2.37. The van der Waals surface area contributed by atoms with Crippen molar-refractivity contribution in [2.45, 2.75) is 38.7 Å². The number of aromatic nitrogens is 1. The third-order valence-electron chi connectivity index (χ3n) is 4.94. The van der Waals surface area contributed by atoms with Crippen molar-refractivity contribution in [2.75, 3.05) is 26.2 Å². The minimum absolute atomic E-state index is 0.0414. The molecule has 3 heterocycles. The lowest BCUT2D eigenvalue weighted by atomic mass is 9.95. The van der Waals surface area contributed by atoms with Gasteiger partial charge in [0.2, 0.25) is 11.8 Å². The lowest BCUT2D eigenvalue weighted by Crippen LogP contribution is -2.49. The molecule has 0 aromatic carbocycles. The van der Waals surface area contributed by atoms with Crippen molar-refractivity contribution in [1.29, 1.82) is 0 Å². The predicted molar refractivity (Wildman–Crippen MR) is 89.4 cm³/mol. The molecule has 2 aliphatic rings. The van der Waals surface area contributed by atoms with Gasteiger partial charge in [0.1, 0.15) is 11.9 Å². The molecule has 0 N–H and O–H groups in total. The van der Waals surface area contributed by atoms with Gasteiger partial charge >= 0.3 is 0 Å². The Kier molecular flexibility index (Phi) is 5.33. The number of hydrogen-bond acceptors (Lipinski definition) is 4. The summed E-state index contributed by atoms with van der Waals surface area (Å²) in [5.74, 6) is 1.16. The van der Waals surface area contributed by atoms with Crippen molar-refractivity contribution in [3.8, 4) is 5.75 Å². The number of piperidine rings is 2. The molecule has 2 fully saturated rings. The number of carbonyl (C=O) groups is 2. The fourth-order valence-electron chi connectivity index (χ4n) is 3.48. The minimum atomic E-state index is -0.0414. The summed E-state index contributed by atoms with van der Waals surface area (Å²) in [6.45, 7) is 4.68. The molecule has 2 amide bonds. The molecule has 2 aliphatic heterocycles. The summed E-state index contributed by atoms with van der Waals surface area (Å²) in [5, 5.41) is 0. The van der Waals surface area contributed by atoms with Gasteiger partial charge in [-0.05, 0) is 25.5 Å². The highest BCUT2D eigenvalue weighted by molar-refractivity contribution is 5.84. The summed E-state index contributed by atoms with van der Waals surface area (Å²) in [4.78, 5) is 32.2. The molecule has 24 heavy (non-hydrogen) atoms. The van der Waals surface area contributed by atoms with Crippen LogP contribution >= 0.6 is 0 Å². The molecule has 130 valence electrons. The first-order valence-corrected chi connectivity index (χ1v) is 8.80. The van der Waals surface area contributed by atoms with E-state index in [1.165, 1.54) is 0 Å². The van der Waals surface area contributed by atoms with Crippen molar-refractivity contribution in [2.24, 2.45) is 5.92 Å². The van der Waals surface area contributed by atoms with Gasteiger partial charge in [-0.1, -0.05) is 0 Å². The molecule has 6 heteroatoms. The first-order valence-electron chi connectivity index (χ1n) is 8.80. The molecule has 1 aromatic heterocycles. The van der Waals surface area contributed by atoms with Crippen molar-refractivity contribution >= 4 is 11.8 Å². The molecule has 6 nitrogen and oxygen atoms in total. The second kappa shape index (κ2) is 7.64. The average Bonchev–Trinajstić information content (AvgIpc) is 2.63. The van der Waals surface area contributed by atoms with Gasteiger partial charge in [0.25, 0.3) is 0 Å². The topological polar surface area (TPSA) is 62.7 Å². The number of ether oxygens (including phenoxy) is 1. The number of likely N-dealkylation sites (tertiary alicyclic amines) is 2. The highest BCUT2D eigenvalue weighted by Crippen LogP contribution is 2.23. The van der Waals surface area contributed by atoms with Crippen molar-refractivity contribution in [3.63, 3.8) is 0 Å². The Labute approximate surface area is 142 Å². The van der Waals surface area contributed by atoms with Gasteiger partial charge in [0.05, 0.1) is 5.92 Å². The predicted octanol–water partition coefficient (Wildman–Crippen LogP) is 1.71. The number of pyridine rings is 1. The SMILES string of the molecule is CCN1C[C@H](C(=O)N2CCC(Oc3ccncc3)CC2)CCC1=O. The van der Waals surface area contributed by atoms with E-state index in [2.05, 4.69) is 4.98 Å². The molecular formula is C18H25N3O3. The molecule has 0 unspecified atom stereocenters. The van der Waals surface area contributed by atoms with E-state index in [1.54, 1.807) is 17.3 Å². The summed E-state index contributed by atoms with van der Waals surface area (Å²) in [5.41, 5.74) is 0. The van der Waals surface area contributed by atoms with E-state index < -0.39 is 0 Å². The normalized spacial score (nSPS) is 22.5. The summed E-state index contributed by atoms with van der Waals surface area (Å²) in [6.07, 6.45) is 6.45. The van der Waals surface area contributed by atoms with E-state index in [1.807, 2.05) is 24.0 Å². The molecule has 0 saturated carbocycles. The lowest BCUT2D eigenvalue weighted by molar-refractivity contribution is -0.144. The van der Waals surface area contributed by atoms with E-state index in [9.17, 15) is 9.59 Å². The van der Waals surface area contributed by atoms with Crippen LogP contribution in [0.15, 0.2) is 24.5 Å². The maximum Gasteiger partial charge on any atom is 0.227 e. The third-order valence-corrected chi connectivity index (χ3v) is 4.94. The van der Waals surface area contributed by atoms with E-state index in [-0.39, 0.29) is 23.8 Å². The molecule has 1 atom stereocenters. The molecule has 3 rings (SSSR count). The second-order valence-corrected chi connectivity index (χ2v) is 6.49. The fourth-order valence-corrected chi connectivity index (χ4v) is 3.48. The van der Waals surface area contributed by atoms with Crippen LogP contribution in [-0.2, 0) is 9.59 Å². The van der Waals surface area contributed by atoms with Crippen LogP contribution in [0, 0.1) is 5.92 Å². The third kappa shape index (κ3) is 3.86. The zero-order valence-corrected chi connectivity index (χ0v) is 14.2. The van der Waals surface area contributed by atoms with Gasteiger partial charge < -0.3 is 14.5 Å². The number of rotatable bonds is 4. The Morgan fingerprint density at radius 2 is 1.96 bits per heavy atom. The quantitative estimate of drug-likeness (QED) is 0.843. The summed E-state index contributed by atoms with van der Waals surface area (Å²) in [6, 6.07) is 3.71. The van der Waals surface area contributed by atoms with Crippen LogP contribution < -0.4 is 4.74 Å². The van der Waals surface area contributed by atoms with E-state index in [4.69, 9.17) is 4.74 Å². The number of amides is 2. The fraction of sp³-hybridized carbons (Fsp3) is 0.611. The van der Waals surface area contributed by atoms with Gasteiger partial charge in [-0.25, -0.2) is 0 Å². The zero-order valence-electron chi connectivity index (χ0n) is 14.2. The van der Waals surface area contributed by atoms with E-state index in [0.717, 1.165) is 31.7 Å². The Morgan fingerprint density at radius 3 is 2.62 bits per heavy atom. The van der Waals surface area contributed by atoms with Crippen LogP contribution in [0.5, 0.6) is 5.75 Å². The Hall–Kier alpha value is -2.11. The summed E-state index contributed by atoms with van der Waals surface area (Å²) < 4.78 is 5.95. The van der Waals surface area contributed by atoms with Crippen molar-refractivity contribution in [1.82, 2.24) is 14.8 Å².